The number of carbonyl (C=O) groups is 2. The number of benzene rings is 1. The summed E-state index contributed by atoms with van der Waals surface area (Å²) in [6.07, 6.45) is 1.54. The van der Waals surface area contributed by atoms with E-state index in [1.54, 1.807) is 12.1 Å². The van der Waals surface area contributed by atoms with Crippen LogP contribution in [-0.4, -0.2) is 17.0 Å². The van der Waals surface area contributed by atoms with Gasteiger partial charge in [0.15, 0.2) is 0 Å². The van der Waals surface area contributed by atoms with Gasteiger partial charge in [0.2, 0.25) is 5.91 Å². The van der Waals surface area contributed by atoms with Crippen LogP contribution in [0.1, 0.15) is 24.8 Å². The zero-order valence-corrected chi connectivity index (χ0v) is 10.8. The molecule has 0 aromatic heterocycles. The van der Waals surface area contributed by atoms with Gasteiger partial charge in [-0.2, -0.15) is 0 Å². The Morgan fingerprint density at radius 1 is 1.39 bits per heavy atom. The molecule has 0 atom stereocenters. The first kappa shape index (κ1) is 12.9. The van der Waals surface area contributed by atoms with Crippen LogP contribution >= 0.6 is 11.6 Å². The number of carboxylic acids is 1. The van der Waals surface area contributed by atoms with Crippen molar-refractivity contribution in [3.05, 3.63) is 28.8 Å². The number of carbonyl (C=O) groups excluding carboxylic acids is 1. The molecule has 1 aliphatic rings. The van der Waals surface area contributed by atoms with E-state index < -0.39 is 17.3 Å². The van der Waals surface area contributed by atoms with Crippen LogP contribution in [0.15, 0.2) is 18.2 Å². The number of amides is 1. The van der Waals surface area contributed by atoms with Crippen LogP contribution in [0.5, 0.6) is 0 Å². The average molecular weight is 268 g/mol. The van der Waals surface area contributed by atoms with Gasteiger partial charge in [-0.05, 0) is 37.5 Å². The minimum Gasteiger partial charge on any atom is -0.480 e. The first-order valence-corrected chi connectivity index (χ1v) is 6.14. The summed E-state index contributed by atoms with van der Waals surface area (Å²) >= 11 is 5.97. The minimum absolute atomic E-state index is 0.387. The molecule has 1 aliphatic carbocycles. The van der Waals surface area contributed by atoms with E-state index in [0.717, 1.165) is 12.0 Å². The van der Waals surface area contributed by atoms with Crippen LogP contribution in [0.25, 0.3) is 0 Å². The maximum absolute atomic E-state index is 12.1. The fraction of sp³-hybridized carbons (Fsp3) is 0.385. The Morgan fingerprint density at radius 2 is 2.06 bits per heavy atom. The maximum atomic E-state index is 12.1. The highest BCUT2D eigenvalue weighted by molar-refractivity contribution is 6.34. The summed E-state index contributed by atoms with van der Waals surface area (Å²) in [6.45, 7) is 1.88. The lowest BCUT2D eigenvalue weighted by Gasteiger charge is -2.35. The van der Waals surface area contributed by atoms with Gasteiger partial charge < -0.3 is 10.4 Å². The first-order valence-electron chi connectivity index (χ1n) is 5.77. The van der Waals surface area contributed by atoms with Crippen molar-refractivity contribution in [3.63, 3.8) is 0 Å². The molecule has 4 nitrogen and oxygen atoms in total. The van der Waals surface area contributed by atoms with Gasteiger partial charge in [-0.25, -0.2) is 0 Å². The number of aliphatic carboxylic acids is 1. The highest BCUT2D eigenvalue weighted by Crippen LogP contribution is 2.42. The van der Waals surface area contributed by atoms with Crippen molar-refractivity contribution < 1.29 is 14.7 Å². The number of hydrogen-bond acceptors (Lipinski definition) is 2. The Bertz CT molecular complexity index is 509. The number of anilines is 1. The molecule has 0 aliphatic heterocycles. The Kier molecular flexibility index (Phi) is 3.30. The summed E-state index contributed by atoms with van der Waals surface area (Å²) in [5.74, 6) is -1.54. The van der Waals surface area contributed by atoms with Crippen LogP contribution in [0.3, 0.4) is 0 Å². The van der Waals surface area contributed by atoms with E-state index in [1.165, 1.54) is 0 Å². The molecule has 0 radical (unpaired) electrons. The van der Waals surface area contributed by atoms with Crippen LogP contribution in [0.4, 0.5) is 5.69 Å². The number of aryl methyl sites for hydroxylation is 1. The highest BCUT2D eigenvalue weighted by atomic mass is 35.5. The Morgan fingerprint density at radius 3 is 2.56 bits per heavy atom. The van der Waals surface area contributed by atoms with Gasteiger partial charge in [-0.15, -0.1) is 0 Å². The summed E-state index contributed by atoms with van der Waals surface area (Å²) in [5, 5.41) is 12.2. The molecular formula is C13H14ClNO3. The summed E-state index contributed by atoms with van der Waals surface area (Å²) < 4.78 is 0. The molecule has 0 unspecified atom stereocenters. The molecule has 0 heterocycles. The molecule has 96 valence electrons. The Labute approximate surface area is 110 Å². The molecular weight excluding hydrogens is 254 g/mol. The van der Waals surface area contributed by atoms with Crippen LogP contribution in [-0.2, 0) is 9.59 Å². The van der Waals surface area contributed by atoms with E-state index >= 15 is 0 Å². The minimum atomic E-state index is -1.27. The molecule has 0 spiro atoms. The fourth-order valence-corrected chi connectivity index (χ4v) is 2.21. The van der Waals surface area contributed by atoms with Crippen molar-refractivity contribution in [2.24, 2.45) is 5.41 Å². The average Bonchev–Trinajstić information content (AvgIpc) is 2.21. The van der Waals surface area contributed by atoms with Crippen molar-refractivity contribution in [1.29, 1.82) is 0 Å². The molecule has 2 rings (SSSR count). The third-order valence-electron chi connectivity index (χ3n) is 3.42. The van der Waals surface area contributed by atoms with Crippen LogP contribution < -0.4 is 5.32 Å². The summed E-state index contributed by atoms with van der Waals surface area (Å²) in [5.41, 5.74) is 0.148. The van der Waals surface area contributed by atoms with Crippen molar-refractivity contribution in [2.75, 3.05) is 5.32 Å². The quantitative estimate of drug-likeness (QED) is 0.828. The molecule has 1 aromatic carbocycles. The molecule has 0 bridgehead atoms. The second-order valence-electron chi connectivity index (χ2n) is 4.68. The van der Waals surface area contributed by atoms with Crippen molar-refractivity contribution in [1.82, 2.24) is 0 Å². The molecule has 2 N–H and O–H groups in total. The molecule has 1 amide bonds. The second kappa shape index (κ2) is 4.61. The lowest BCUT2D eigenvalue weighted by atomic mass is 9.68. The van der Waals surface area contributed by atoms with Gasteiger partial charge in [0, 0.05) is 0 Å². The van der Waals surface area contributed by atoms with Crippen molar-refractivity contribution in [3.8, 4) is 0 Å². The Hall–Kier alpha value is -1.55. The lowest BCUT2D eigenvalue weighted by molar-refractivity contribution is -0.159. The van der Waals surface area contributed by atoms with Gasteiger partial charge in [0.1, 0.15) is 5.41 Å². The molecule has 18 heavy (non-hydrogen) atoms. The standard InChI is InChI=1S/C13H14ClNO3/c1-8-3-4-9(14)10(7-8)15-11(16)13(12(17)18)5-2-6-13/h3-4,7H,2,5-6H2,1H3,(H,15,16)(H,17,18). The van der Waals surface area contributed by atoms with E-state index in [9.17, 15) is 9.59 Å². The third-order valence-corrected chi connectivity index (χ3v) is 3.75. The van der Waals surface area contributed by atoms with Gasteiger partial charge in [-0.1, -0.05) is 24.1 Å². The fourth-order valence-electron chi connectivity index (χ4n) is 2.05. The van der Waals surface area contributed by atoms with E-state index in [-0.39, 0.29) is 0 Å². The maximum Gasteiger partial charge on any atom is 0.319 e. The van der Waals surface area contributed by atoms with Gasteiger partial charge in [0.05, 0.1) is 10.7 Å². The number of hydrogen-bond donors (Lipinski definition) is 2. The zero-order valence-electron chi connectivity index (χ0n) is 10.00. The normalized spacial score (nSPS) is 16.8. The first-order chi connectivity index (χ1) is 8.45. The zero-order chi connectivity index (χ0) is 13.3. The number of halogens is 1. The van der Waals surface area contributed by atoms with Crippen LogP contribution in [0, 0.1) is 12.3 Å². The van der Waals surface area contributed by atoms with E-state index in [2.05, 4.69) is 5.32 Å². The third kappa shape index (κ3) is 2.08. The predicted octanol–water partition coefficient (Wildman–Crippen LogP) is 2.84. The molecule has 1 fully saturated rings. The number of rotatable bonds is 3. The highest BCUT2D eigenvalue weighted by Gasteiger charge is 2.51. The molecule has 1 aromatic rings. The lowest BCUT2D eigenvalue weighted by Crippen LogP contribution is -2.48. The second-order valence-corrected chi connectivity index (χ2v) is 5.09. The van der Waals surface area contributed by atoms with Gasteiger partial charge >= 0.3 is 5.97 Å². The van der Waals surface area contributed by atoms with Crippen LogP contribution in [0.2, 0.25) is 5.02 Å². The van der Waals surface area contributed by atoms with Crippen molar-refractivity contribution >= 4 is 29.2 Å². The van der Waals surface area contributed by atoms with Gasteiger partial charge in [-0.3, -0.25) is 9.59 Å². The monoisotopic (exact) mass is 267 g/mol. The van der Waals surface area contributed by atoms with Crippen molar-refractivity contribution in [2.45, 2.75) is 26.2 Å². The number of nitrogens with one attached hydrogen (secondary N) is 1. The molecule has 5 heteroatoms. The number of carboxylic acid groups (broad SMARTS) is 1. The predicted molar refractivity (Wildman–Crippen MR) is 68.7 cm³/mol. The Balaban J connectivity index is 2.21. The SMILES string of the molecule is Cc1ccc(Cl)c(NC(=O)C2(C(=O)O)CCC2)c1. The molecule has 1 saturated carbocycles. The smallest absolute Gasteiger partial charge is 0.319 e. The van der Waals surface area contributed by atoms with E-state index in [4.69, 9.17) is 16.7 Å². The summed E-state index contributed by atoms with van der Waals surface area (Å²) in [4.78, 5) is 23.3. The summed E-state index contributed by atoms with van der Waals surface area (Å²) in [6, 6.07) is 5.24. The van der Waals surface area contributed by atoms with Gasteiger partial charge in [0.25, 0.3) is 0 Å². The molecule has 0 saturated heterocycles. The topological polar surface area (TPSA) is 66.4 Å². The van der Waals surface area contributed by atoms with E-state index in [1.807, 2.05) is 13.0 Å². The summed E-state index contributed by atoms with van der Waals surface area (Å²) in [7, 11) is 0. The largest absolute Gasteiger partial charge is 0.480 e. The van der Waals surface area contributed by atoms with E-state index in [0.29, 0.717) is 23.6 Å².